The number of hydrogen-bond donors (Lipinski definition) is 1. The third-order valence-corrected chi connectivity index (χ3v) is 3.60. The maximum Gasteiger partial charge on any atom is 0.139 e. The van der Waals surface area contributed by atoms with Gasteiger partial charge in [-0.1, -0.05) is 12.1 Å². The van der Waals surface area contributed by atoms with Crippen LogP contribution >= 0.6 is 0 Å². The predicted molar refractivity (Wildman–Crippen MR) is 71.6 cm³/mol. The fourth-order valence-electron chi connectivity index (χ4n) is 2.65. The molecule has 0 unspecified atom stereocenters. The number of nitrogens with zero attached hydrogens (tertiary/aromatic N) is 3. The average Bonchev–Trinajstić information content (AvgIpc) is 2.47. The van der Waals surface area contributed by atoms with Crippen LogP contribution in [-0.2, 0) is 0 Å². The zero-order chi connectivity index (χ0) is 12.4. The van der Waals surface area contributed by atoms with Crippen molar-refractivity contribution in [3.05, 3.63) is 30.6 Å². The number of aliphatic hydroxyl groups excluding tert-OH is 1. The lowest BCUT2D eigenvalue weighted by atomic mass is 9.99. The summed E-state index contributed by atoms with van der Waals surface area (Å²) >= 11 is 0. The topological polar surface area (TPSA) is 49.2 Å². The van der Waals surface area contributed by atoms with Crippen LogP contribution in [0.1, 0.15) is 12.8 Å². The van der Waals surface area contributed by atoms with Crippen LogP contribution in [0.25, 0.3) is 10.9 Å². The van der Waals surface area contributed by atoms with Gasteiger partial charge in [0.15, 0.2) is 0 Å². The first-order valence-corrected chi connectivity index (χ1v) is 6.44. The molecule has 4 heteroatoms. The highest BCUT2D eigenvalue weighted by Crippen LogP contribution is 2.26. The molecule has 0 saturated carbocycles. The molecule has 4 nitrogen and oxygen atoms in total. The molecule has 1 N–H and O–H groups in total. The molecule has 3 rings (SSSR count). The van der Waals surface area contributed by atoms with Crippen LogP contribution in [0.5, 0.6) is 0 Å². The van der Waals surface area contributed by atoms with E-state index < -0.39 is 0 Å². The quantitative estimate of drug-likeness (QED) is 0.874. The van der Waals surface area contributed by atoms with Crippen molar-refractivity contribution in [1.82, 2.24) is 9.97 Å². The van der Waals surface area contributed by atoms with Gasteiger partial charge in [-0.05, 0) is 30.9 Å². The van der Waals surface area contributed by atoms with Crippen LogP contribution in [0, 0.1) is 5.92 Å². The Labute approximate surface area is 106 Å². The predicted octanol–water partition coefficient (Wildman–Crippen LogP) is 1.84. The fraction of sp³-hybridized carbons (Fsp3) is 0.429. The molecule has 1 aliphatic heterocycles. The lowest BCUT2D eigenvalue weighted by Gasteiger charge is -2.33. The van der Waals surface area contributed by atoms with Crippen LogP contribution in [0.3, 0.4) is 0 Å². The molecular weight excluding hydrogens is 226 g/mol. The molecule has 18 heavy (non-hydrogen) atoms. The van der Waals surface area contributed by atoms with Gasteiger partial charge in [-0.2, -0.15) is 0 Å². The minimum absolute atomic E-state index is 0.263. The van der Waals surface area contributed by atoms with E-state index in [4.69, 9.17) is 0 Å². The van der Waals surface area contributed by atoms with Crippen LogP contribution in [0.15, 0.2) is 30.6 Å². The van der Waals surface area contributed by atoms with Gasteiger partial charge in [0.2, 0.25) is 0 Å². The molecule has 2 heterocycles. The first-order valence-electron chi connectivity index (χ1n) is 6.44. The fourth-order valence-corrected chi connectivity index (χ4v) is 2.65. The van der Waals surface area contributed by atoms with E-state index in [9.17, 15) is 5.11 Å². The summed E-state index contributed by atoms with van der Waals surface area (Å²) in [4.78, 5) is 11.0. The highest BCUT2D eigenvalue weighted by molar-refractivity contribution is 5.89. The zero-order valence-corrected chi connectivity index (χ0v) is 10.3. The summed E-state index contributed by atoms with van der Waals surface area (Å²) in [5.41, 5.74) is 0.980. The summed E-state index contributed by atoms with van der Waals surface area (Å²) in [5.74, 6) is 1.37. The Kier molecular flexibility index (Phi) is 3.11. The van der Waals surface area contributed by atoms with Crippen LogP contribution in [0.2, 0.25) is 0 Å². The maximum atomic E-state index is 9.31. The second kappa shape index (κ2) is 4.90. The minimum Gasteiger partial charge on any atom is -0.396 e. The van der Waals surface area contributed by atoms with E-state index >= 15 is 0 Å². The number of anilines is 1. The lowest BCUT2D eigenvalue weighted by molar-refractivity contribution is 0.208. The van der Waals surface area contributed by atoms with Gasteiger partial charge in [-0.15, -0.1) is 0 Å². The van der Waals surface area contributed by atoms with Gasteiger partial charge in [-0.25, -0.2) is 9.97 Å². The number of fused-ring (bicyclic) bond motifs is 1. The van der Waals surface area contributed by atoms with Crippen LogP contribution < -0.4 is 4.90 Å². The van der Waals surface area contributed by atoms with Gasteiger partial charge in [0, 0.05) is 25.1 Å². The highest BCUT2D eigenvalue weighted by Gasteiger charge is 2.21. The normalized spacial score (nSPS) is 20.3. The molecule has 2 aromatic rings. The first-order chi connectivity index (χ1) is 8.88. The molecule has 94 valence electrons. The Hall–Kier alpha value is -1.68. The molecule has 0 spiro atoms. The SMILES string of the molecule is OC[C@@H]1CCCN(c2ncnc3ccccc23)C1. The molecule has 1 aromatic carbocycles. The van der Waals surface area contributed by atoms with Crippen LogP contribution in [-0.4, -0.2) is 34.8 Å². The van der Waals surface area contributed by atoms with Gasteiger partial charge >= 0.3 is 0 Å². The number of piperidine rings is 1. The molecule has 0 radical (unpaired) electrons. The molecule has 1 aromatic heterocycles. The molecular formula is C14H17N3O. The monoisotopic (exact) mass is 243 g/mol. The Morgan fingerprint density at radius 1 is 1.28 bits per heavy atom. The van der Waals surface area contributed by atoms with Gasteiger partial charge in [0.25, 0.3) is 0 Å². The van der Waals surface area contributed by atoms with Crippen molar-refractivity contribution in [1.29, 1.82) is 0 Å². The molecule has 0 bridgehead atoms. The van der Waals surface area contributed by atoms with Crippen molar-refractivity contribution >= 4 is 16.7 Å². The Morgan fingerprint density at radius 3 is 3.06 bits per heavy atom. The highest BCUT2D eigenvalue weighted by atomic mass is 16.3. The summed E-state index contributed by atoms with van der Waals surface area (Å²) < 4.78 is 0. The van der Waals surface area contributed by atoms with Crippen molar-refractivity contribution < 1.29 is 5.11 Å². The van der Waals surface area contributed by atoms with Crippen molar-refractivity contribution in [2.75, 3.05) is 24.6 Å². The summed E-state index contributed by atoms with van der Waals surface area (Å²) in [6.45, 7) is 2.16. The Bertz CT molecular complexity index is 538. The third-order valence-electron chi connectivity index (χ3n) is 3.60. The average molecular weight is 243 g/mol. The molecule has 1 aliphatic rings. The van der Waals surface area contributed by atoms with Crippen molar-refractivity contribution in [3.63, 3.8) is 0 Å². The van der Waals surface area contributed by atoms with E-state index in [2.05, 4.69) is 20.9 Å². The smallest absolute Gasteiger partial charge is 0.139 e. The largest absolute Gasteiger partial charge is 0.396 e. The number of para-hydroxylation sites is 1. The van der Waals surface area contributed by atoms with E-state index in [1.165, 1.54) is 0 Å². The molecule has 1 fully saturated rings. The summed E-state index contributed by atoms with van der Waals surface area (Å²) in [5, 5.41) is 10.4. The second-order valence-electron chi connectivity index (χ2n) is 4.85. The van der Waals surface area contributed by atoms with E-state index in [0.717, 1.165) is 42.7 Å². The van der Waals surface area contributed by atoms with Gasteiger partial charge in [0.05, 0.1) is 5.52 Å². The lowest BCUT2D eigenvalue weighted by Crippen LogP contribution is -2.37. The number of hydrogen-bond acceptors (Lipinski definition) is 4. The Morgan fingerprint density at radius 2 is 2.17 bits per heavy atom. The van der Waals surface area contributed by atoms with Crippen molar-refractivity contribution in [2.45, 2.75) is 12.8 Å². The number of aliphatic hydroxyl groups is 1. The second-order valence-corrected chi connectivity index (χ2v) is 4.85. The summed E-state index contributed by atoms with van der Waals surface area (Å²) in [7, 11) is 0. The van der Waals surface area contributed by atoms with Gasteiger partial charge in [-0.3, -0.25) is 0 Å². The summed E-state index contributed by atoms with van der Waals surface area (Å²) in [6, 6.07) is 8.08. The third kappa shape index (κ3) is 2.04. The molecule has 1 saturated heterocycles. The van der Waals surface area contributed by atoms with E-state index in [1.54, 1.807) is 6.33 Å². The van der Waals surface area contributed by atoms with Gasteiger partial charge in [0.1, 0.15) is 12.1 Å². The van der Waals surface area contributed by atoms with Crippen molar-refractivity contribution in [3.8, 4) is 0 Å². The van der Waals surface area contributed by atoms with Crippen LogP contribution in [0.4, 0.5) is 5.82 Å². The van der Waals surface area contributed by atoms with E-state index in [-0.39, 0.29) is 6.61 Å². The van der Waals surface area contributed by atoms with E-state index in [0.29, 0.717) is 5.92 Å². The number of benzene rings is 1. The standard InChI is InChI=1S/C14H17N3O/c18-9-11-4-3-7-17(8-11)14-12-5-1-2-6-13(12)15-10-16-14/h1-2,5-6,10-11,18H,3-4,7-9H2/t11-/m1/s1. The molecule has 0 amide bonds. The first kappa shape index (κ1) is 11.4. The Balaban J connectivity index is 1.98. The summed E-state index contributed by atoms with van der Waals surface area (Å²) in [6.07, 6.45) is 3.85. The number of rotatable bonds is 2. The van der Waals surface area contributed by atoms with Crippen molar-refractivity contribution in [2.24, 2.45) is 5.92 Å². The maximum absolute atomic E-state index is 9.31. The molecule has 1 atom stereocenters. The number of aromatic nitrogens is 2. The van der Waals surface area contributed by atoms with Gasteiger partial charge < -0.3 is 10.0 Å². The van der Waals surface area contributed by atoms with E-state index in [1.807, 2.05) is 18.2 Å². The molecule has 0 aliphatic carbocycles. The zero-order valence-electron chi connectivity index (χ0n) is 10.3. The minimum atomic E-state index is 0.263.